The minimum atomic E-state index is -0.594. The number of aromatic hydroxyl groups is 2. The van der Waals surface area contributed by atoms with E-state index in [-0.39, 0.29) is 28.4 Å². The first-order chi connectivity index (χ1) is 18.7. The third-order valence-electron chi connectivity index (χ3n) is 10.2. The first-order valence-electron chi connectivity index (χ1n) is 14.3. The van der Waals surface area contributed by atoms with Crippen LogP contribution in [0, 0.1) is 5.92 Å². The van der Waals surface area contributed by atoms with Crippen molar-refractivity contribution in [2.75, 3.05) is 33.7 Å². The fourth-order valence-electron chi connectivity index (χ4n) is 8.11. The van der Waals surface area contributed by atoms with E-state index in [1.54, 1.807) is 18.2 Å². The highest BCUT2D eigenvalue weighted by atomic mass is 16.5. The van der Waals surface area contributed by atoms with Crippen molar-refractivity contribution in [1.29, 1.82) is 0 Å². The lowest BCUT2D eigenvalue weighted by Gasteiger charge is -2.56. The average Bonchev–Trinajstić information content (AvgIpc) is 3.30. The van der Waals surface area contributed by atoms with Gasteiger partial charge in [-0.1, -0.05) is 37.3 Å². The Morgan fingerprint density at radius 3 is 2.54 bits per heavy atom. The Morgan fingerprint density at radius 2 is 1.82 bits per heavy atom. The topological polar surface area (TPSA) is 93.5 Å². The van der Waals surface area contributed by atoms with Crippen LogP contribution in [0.1, 0.15) is 49.3 Å². The smallest absolute Gasteiger partial charge is 0.165 e. The maximum atomic E-state index is 12.4. The highest BCUT2D eigenvalue weighted by Crippen LogP contribution is 2.62. The van der Waals surface area contributed by atoms with Crippen LogP contribution >= 0.6 is 0 Å². The van der Waals surface area contributed by atoms with Gasteiger partial charge in [-0.15, -0.1) is 0 Å². The number of hydrogen-bond donors (Lipinski definition) is 3. The monoisotopic (exact) mass is 532 g/mol. The Balaban J connectivity index is 0.000000144. The van der Waals surface area contributed by atoms with Gasteiger partial charge in [0.05, 0.1) is 5.41 Å². The van der Waals surface area contributed by atoms with E-state index in [9.17, 15) is 20.1 Å². The summed E-state index contributed by atoms with van der Waals surface area (Å²) in [4.78, 5) is 17.1. The lowest BCUT2D eigenvalue weighted by molar-refractivity contribution is -0.126. The van der Waals surface area contributed by atoms with Crippen LogP contribution in [-0.4, -0.2) is 82.9 Å². The summed E-state index contributed by atoms with van der Waals surface area (Å²) in [6, 6.07) is 11.4. The van der Waals surface area contributed by atoms with E-state index in [0.717, 1.165) is 50.9 Å². The maximum Gasteiger partial charge on any atom is 0.165 e. The Morgan fingerprint density at radius 1 is 1.05 bits per heavy atom. The van der Waals surface area contributed by atoms with Gasteiger partial charge in [0.15, 0.2) is 11.5 Å². The third-order valence-corrected chi connectivity index (χ3v) is 10.2. The van der Waals surface area contributed by atoms with Crippen LogP contribution < -0.4 is 4.74 Å². The molecule has 0 amide bonds. The van der Waals surface area contributed by atoms with Gasteiger partial charge in [-0.05, 0) is 88.7 Å². The fraction of sp³-hybridized carbons (Fsp3) is 0.531. The van der Waals surface area contributed by atoms with Crippen molar-refractivity contribution in [2.24, 2.45) is 5.92 Å². The SMILES string of the molecule is CCC(=O)C1(c2cccc(O)c2)CCN(C)CC1.CN1CC[C@]23c4c5ccc(O)c4O[C@H]2[C@@H](O)C=C[C@H]3[C@H]1C5. The number of phenols is 2. The molecule has 3 N–H and O–H groups in total. The van der Waals surface area contributed by atoms with Crippen LogP contribution in [0.3, 0.4) is 0 Å². The zero-order valence-corrected chi connectivity index (χ0v) is 23.1. The predicted octanol–water partition coefficient (Wildman–Crippen LogP) is 3.53. The lowest BCUT2D eigenvalue weighted by Crippen LogP contribution is -2.64. The number of likely N-dealkylation sites (N-methyl/N-ethyl adjacent to an activating group) is 1. The van der Waals surface area contributed by atoms with Crippen molar-refractivity contribution in [1.82, 2.24) is 9.80 Å². The Hall–Kier alpha value is -2.87. The molecule has 7 heteroatoms. The number of rotatable bonds is 3. The molecule has 0 saturated carbocycles. The number of phenolic OH excluding ortho intramolecular Hbond substituents is 2. The molecular weight excluding hydrogens is 492 g/mol. The molecule has 39 heavy (non-hydrogen) atoms. The molecule has 7 nitrogen and oxygen atoms in total. The molecule has 2 bridgehead atoms. The van der Waals surface area contributed by atoms with Crippen LogP contribution in [0.2, 0.25) is 0 Å². The van der Waals surface area contributed by atoms with Gasteiger partial charge in [-0.2, -0.15) is 0 Å². The Bertz CT molecular complexity index is 1300. The first-order valence-corrected chi connectivity index (χ1v) is 14.3. The number of ketones is 1. The normalized spacial score (nSPS) is 32.0. The molecule has 5 aliphatic rings. The second kappa shape index (κ2) is 9.65. The molecule has 2 aliphatic carbocycles. The van der Waals surface area contributed by atoms with E-state index in [1.165, 1.54) is 11.1 Å². The molecule has 0 radical (unpaired) electrons. The quantitative estimate of drug-likeness (QED) is 0.521. The van der Waals surface area contributed by atoms with Crippen molar-refractivity contribution in [3.63, 3.8) is 0 Å². The van der Waals surface area contributed by atoms with Crippen LogP contribution in [0.15, 0.2) is 48.6 Å². The van der Waals surface area contributed by atoms with E-state index < -0.39 is 6.10 Å². The summed E-state index contributed by atoms with van der Waals surface area (Å²) in [6.07, 6.45) is 7.43. The lowest BCUT2D eigenvalue weighted by atomic mass is 9.53. The molecule has 2 aromatic carbocycles. The first kappa shape index (κ1) is 26.4. The van der Waals surface area contributed by atoms with Gasteiger partial charge in [0.1, 0.15) is 23.7 Å². The Labute approximate surface area is 230 Å². The zero-order valence-electron chi connectivity index (χ0n) is 23.1. The summed E-state index contributed by atoms with van der Waals surface area (Å²) < 4.78 is 6.09. The number of aliphatic hydroxyl groups excluding tert-OH is 1. The molecule has 1 spiro atoms. The number of carbonyl (C=O) groups excluding carboxylic acids is 1. The van der Waals surface area contributed by atoms with Gasteiger partial charge in [0, 0.05) is 29.4 Å². The number of nitrogens with zero attached hydrogens (tertiary/aromatic N) is 2. The number of piperidine rings is 2. The highest BCUT2D eigenvalue weighted by Gasteiger charge is 2.64. The number of carbonyl (C=O) groups is 1. The van der Waals surface area contributed by atoms with Gasteiger partial charge >= 0.3 is 0 Å². The van der Waals surface area contributed by atoms with Crippen molar-refractivity contribution in [2.45, 2.75) is 68.1 Å². The number of hydrogen-bond acceptors (Lipinski definition) is 7. The molecule has 5 atom stereocenters. The van der Waals surface area contributed by atoms with Gasteiger partial charge in [-0.3, -0.25) is 4.79 Å². The highest BCUT2D eigenvalue weighted by molar-refractivity contribution is 5.90. The largest absolute Gasteiger partial charge is 0.508 e. The molecule has 2 fully saturated rings. The van der Waals surface area contributed by atoms with Gasteiger partial charge < -0.3 is 29.9 Å². The van der Waals surface area contributed by atoms with Crippen LogP contribution in [0.25, 0.3) is 0 Å². The van der Waals surface area contributed by atoms with Crippen LogP contribution in [0.4, 0.5) is 0 Å². The molecule has 3 heterocycles. The zero-order chi connectivity index (χ0) is 27.5. The molecule has 208 valence electrons. The van der Waals surface area contributed by atoms with E-state index in [2.05, 4.69) is 30.0 Å². The van der Waals surface area contributed by atoms with E-state index in [0.29, 0.717) is 29.9 Å². The van der Waals surface area contributed by atoms with Crippen LogP contribution in [-0.2, 0) is 22.0 Å². The standard InChI is InChI=1S/C17H19NO3.C15H21NO2/c1-18-7-6-17-10-3-5-13(20)16(17)21-15-12(19)4-2-9(14(15)17)8-11(10)18;1-3-14(18)15(7-9-16(2)10-8-15)12-5-4-6-13(17)11-12/h2-5,10-11,13,16,19-20H,6-8H2,1H3;4-6,11,17H,3,7-10H2,1-2H3/t10-,11+,13-,16-,17-;/m0./s1. The average molecular weight is 533 g/mol. The third kappa shape index (κ3) is 3.92. The number of Topliss-reactive ketones (excluding diaryl/α,β-unsaturated/α-hetero) is 1. The molecule has 0 unspecified atom stereocenters. The minimum absolute atomic E-state index is 0.160. The molecule has 7 rings (SSSR count). The van der Waals surface area contributed by atoms with Crippen molar-refractivity contribution < 1.29 is 24.9 Å². The Kier molecular flexibility index (Phi) is 6.52. The summed E-state index contributed by atoms with van der Waals surface area (Å²) in [7, 11) is 4.27. The second-order valence-corrected chi connectivity index (χ2v) is 12.1. The fourth-order valence-corrected chi connectivity index (χ4v) is 8.11. The predicted molar refractivity (Wildman–Crippen MR) is 149 cm³/mol. The summed E-state index contributed by atoms with van der Waals surface area (Å²) in [5, 5.41) is 30.3. The summed E-state index contributed by atoms with van der Waals surface area (Å²) in [6.45, 7) is 4.80. The van der Waals surface area contributed by atoms with Crippen molar-refractivity contribution in [3.05, 3.63) is 65.2 Å². The number of ether oxygens (including phenoxy) is 1. The molecule has 2 aromatic rings. The van der Waals surface area contributed by atoms with Gasteiger partial charge in [0.2, 0.25) is 0 Å². The van der Waals surface area contributed by atoms with E-state index in [1.807, 2.05) is 31.2 Å². The summed E-state index contributed by atoms with van der Waals surface area (Å²) in [5.41, 5.74) is 2.88. The number of benzene rings is 2. The number of aliphatic hydroxyl groups is 1. The van der Waals surface area contributed by atoms with E-state index in [4.69, 9.17) is 4.74 Å². The number of likely N-dealkylation sites (tertiary alicyclic amines) is 2. The van der Waals surface area contributed by atoms with Crippen molar-refractivity contribution in [3.8, 4) is 17.2 Å². The van der Waals surface area contributed by atoms with E-state index >= 15 is 0 Å². The van der Waals surface area contributed by atoms with Gasteiger partial charge in [0.25, 0.3) is 0 Å². The minimum Gasteiger partial charge on any atom is -0.508 e. The summed E-state index contributed by atoms with van der Waals surface area (Å²) >= 11 is 0. The second-order valence-electron chi connectivity index (χ2n) is 12.1. The molecule has 3 aliphatic heterocycles. The molecular formula is C32H40N2O5. The molecule has 0 aromatic heterocycles. The summed E-state index contributed by atoms with van der Waals surface area (Å²) in [5.74, 6) is 1.73. The molecule has 2 saturated heterocycles. The van der Waals surface area contributed by atoms with Gasteiger partial charge in [-0.25, -0.2) is 0 Å². The van der Waals surface area contributed by atoms with Crippen molar-refractivity contribution >= 4 is 5.78 Å². The maximum absolute atomic E-state index is 12.4. The van der Waals surface area contributed by atoms with Crippen LogP contribution in [0.5, 0.6) is 17.2 Å².